The summed E-state index contributed by atoms with van der Waals surface area (Å²) in [5.74, 6) is -1.61. The number of anilines is 2. The monoisotopic (exact) mass is 423 g/mol. The normalized spacial score (nSPS) is 15.0. The van der Waals surface area contributed by atoms with Gasteiger partial charge in [0.05, 0.1) is 24.2 Å². The Hall–Kier alpha value is -3.30. The number of pyridine rings is 1. The van der Waals surface area contributed by atoms with Crippen LogP contribution in [0.2, 0.25) is 0 Å². The number of piperidine rings is 1. The van der Waals surface area contributed by atoms with Gasteiger partial charge in [0.2, 0.25) is 5.91 Å². The summed E-state index contributed by atoms with van der Waals surface area (Å²) in [6.45, 7) is 1.22. The maximum atomic E-state index is 12.3. The van der Waals surface area contributed by atoms with Crippen molar-refractivity contribution in [3.05, 3.63) is 48.2 Å². The Morgan fingerprint density at radius 2 is 1.93 bits per heavy atom. The minimum atomic E-state index is -4.80. The third kappa shape index (κ3) is 6.10. The zero-order valence-electron chi connectivity index (χ0n) is 15.9. The number of nitrogens with one attached hydrogen (secondary N) is 1. The number of halogens is 3. The first kappa shape index (κ1) is 21.4. The Morgan fingerprint density at radius 3 is 2.53 bits per heavy atom. The summed E-state index contributed by atoms with van der Waals surface area (Å²) in [6, 6.07) is 8.63. The molecule has 1 aliphatic heterocycles. The van der Waals surface area contributed by atoms with E-state index in [1.807, 2.05) is 4.90 Å². The largest absolute Gasteiger partial charge is 0.573 e. The predicted octanol–water partition coefficient (Wildman–Crippen LogP) is 3.46. The molecule has 1 aliphatic rings. The molecule has 1 aromatic carbocycles. The average molecular weight is 423 g/mol. The first-order valence-electron chi connectivity index (χ1n) is 9.28. The van der Waals surface area contributed by atoms with Gasteiger partial charge in [0.1, 0.15) is 11.6 Å². The van der Waals surface area contributed by atoms with Gasteiger partial charge < -0.3 is 20.1 Å². The number of hydrogen-bond donors (Lipinski definition) is 2. The van der Waals surface area contributed by atoms with Crippen LogP contribution < -0.4 is 15.0 Å². The van der Waals surface area contributed by atoms with Gasteiger partial charge in [-0.15, -0.1) is 13.2 Å². The second kappa shape index (κ2) is 9.02. The van der Waals surface area contributed by atoms with Crippen LogP contribution in [0.25, 0.3) is 0 Å². The Labute approximate surface area is 170 Å². The summed E-state index contributed by atoms with van der Waals surface area (Å²) >= 11 is 0. The molecule has 10 heteroatoms. The van der Waals surface area contributed by atoms with Crippen LogP contribution in [0.1, 0.15) is 18.4 Å². The van der Waals surface area contributed by atoms with Crippen LogP contribution >= 0.6 is 0 Å². The lowest BCUT2D eigenvalue weighted by molar-refractivity contribution is -0.274. The summed E-state index contributed by atoms with van der Waals surface area (Å²) < 4.78 is 40.8. The molecule has 0 radical (unpaired) electrons. The number of carbonyl (C=O) groups is 2. The van der Waals surface area contributed by atoms with Crippen molar-refractivity contribution in [1.82, 2.24) is 4.98 Å². The molecule has 160 valence electrons. The number of ether oxygens (including phenoxy) is 1. The molecule has 0 aliphatic carbocycles. The summed E-state index contributed by atoms with van der Waals surface area (Å²) in [4.78, 5) is 29.4. The lowest BCUT2D eigenvalue weighted by atomic mass is 9.97. The maximum absolute atomic E-state index is 12.3. The van der Waals surface area contributed by atoms with Crippen molar-refractivity contribution in [2.45, 2.75) is 25.6 Å². The van der Waals surface area contributed by atoms with E-state index < -0.39 is 18.2 Å². The number of amides is 1. The second-order valence-electron chi connectivity index (χ2n) is 6.92. The van der Waals surface area contributed by atoms with E-state index in [-0.39, 0.29) is 18.1 Å². The number of benzene rings is 1. The van der Waals surface area contributed by atoms with Crippen LogP contribution in [0.3, 0.4) is 0 Å². The van der Waals surface area contributed by atoms with Gasteiger partial charge in [-0.2, -0.15) is 0 Å². The molecule has 30 heavy (non-hydrogen) atoms. The molecular formula is C20H20F3N3O4. The Bertz CT molecular complexity index is 895. The molecule has 1 aromatic heterocycles. The van der Waals surface area contributed by atoms with E-state index in [9.17, 15) is 22.8 Å². The summed E-state index contributed by atoms with van der Waals surface area (Å²) in [5.41, 5.74) is 1.20. The summed E-state index contributed by atoms with van der Waals surface area (Å²) in [5, 5.41) is 11.7. The molecule has 0 saturated carbocycles. The molecule has 7 nitrogen and oxygen atoms in total. The van der Waals surface area contributed by atoms with Crippen LogP contribution in [0, 0.1) is 5.92 Å². The molecule has 1 fully saturated rings. The standard InChI is InChI=1S/C20H20F3N3O4/c21-20(22,23)30-16-3-1-2-13(10-16)11-18(27)25-17-5-4-15(12-24-17)26-8-6-14(7-9-26)19(28)29/h1-5,10,12,14H,6-9,11H2,(H,28,29)(H,24,25,27). The van der Waals surface area contributed by atoms with E-state index in [1.165, 1.54) is 12.1 Å². The lowest BCUT2D eigenvalue weighted by Crippen LogP contribution is -2.36. The van der Waals surface area contributed by atoms with Gasteiger partial charge >= 0.3 is 12.3 Å². The molecular weight excluding hydrogens is 403 g/mol. The third-order valence-electron chi connectivity index (χ3n) is 4.72. The van der Waals surface area contributed by atoms with E-state index in [0.29, 0.717) is 37.3 Å². The fourth-order valence-corrected chi connectivity index (χ4v) is 3.26. The minimum absolute atomic E-state index is 0.138. The number of carboxylic acid groups (broad SMARTS) is 1. The molecule has 3 rings (SSSR count). The number of alkyl halides is 3. The van der Waals surface area contributed by atoms with Gasteiger partial charge in [-0.05, 0) is 42.7 Å². The second-order valence-corrected chi connectivity index (χ2v) is 6.92. The van der Waals surface area contributed by atoms with Crippen molar-refractivity contribution in [3.8, 4) is 5.75 Å². The van der Waals surface area contributed by atoms with Gasteiger partial charge in [0, 0.05) is 13.1 Å². The molecule has 2 N–H and O–H groups in total. The molecule has 2 heterocycles. The number of aliphatic carboxylic acids is 1. The zero-order valence-corrected chi connectivity index (χ0v) is 15.9. The fourth-order valence-electron chi connectivity index (χ4n) is 3.26. The van der Waals surface area contributed by atoms with E-state index in [2.05, 4.69) is 15.0 Å². The van der Waals surface area contributed by atoms with Gasteiger partial charge in [0.15, 0.2) is 0 Å². The Morgan fingerprint density at radius 1 is 1.20 bits per heavy atom. The third-order valence-corrected chi connectivity index (χ3v) is 4.72. The topological polar surface area (TPSA) is 91.8 Å². The number of nitrogens with zero attached hydrogens (tertiary/aromatic N) is 2. The van der Waals surface area contributed by atoms with Crippen molar-refractivity contribution in [2.24, 2.45) is 5.92 Å². The van der Waals surface area contributed by atoms with Crippen LogP contribution in [0.15, 0.2) is 42.6 Å². The lowest BCUT2D eigenvalue weighted by Gasteiger charge is -2.31. The SMILES string of the molecule is O=C(Cc1cccc(OC(F)(F)F)c1)Nc1ccc(N2CCC(C(=O)O)CC2)cn1. The highest BCUT2D eigenvalue weighted by Gasteiger charge is 2.31. The molecule has 0 bridgehead atoms. The zero-order chi connectivity index (χ0) is 21.7. The molecule has 0 atom stereocenters. The first-order chi connectivity index (χ1) is 14.2. The highest BCUT2D eigenvalue weighted by atomic mass is 19.4. The van der Waals surface area contributed by atoms with Gasteiger partial charge in [0.25, 0.3) is 0 Å². The van der Waals surface area contributed by atoms with Crippen LogP contribution in [-0.4, -0.2) is 41.4 Å². The predicted molar refractivity (Wildman–Crippen MR) is 102 cm³/mol. The van der Waals surface area contributed by atoms with E-state index in [4.69, 9.17) is 5.11 Å². The Kier molecular flexibility index (Phi) is 6.43. The maximum Gasteiger partial charge on any atom is 0.573 e. The van der Waals surface area contributed by atoms with E-state index >= 15 is 0 Å². The van der Waals surface area contributed by atoms with Gasteiger partial charge in [-0.3, -0.25) is 9.59 Å². The van der Waals surface area contributed by atoms with Crippen LogP contribution in [0.4, 0.5) is 24.7 Å². The van der Waals surface area contributed by atoms with Crippen molar-refractivity contribution in [1.29, 1.82) is 0 Å². The van der Waals surface area contributed by atoms with E-state index in [0.717, 1.165) is 17.8 Å². The van der Waals surface area contributed by atoms with E-state index in [1.54, 1.807) is 18.3 Å². The number of carbonyl (C=O) groups excluding carboxylic acids is 1. The molecule has 1 saturated heterocycles. The number of carboxylic acids is 1. The number of aromatic nitrogens is 1. The van der Waals surface area contributed by atoms with Gasteiger partial charge in [-0.25, -0.2) is 4.98 Å². The van der Waals surface area contributed by atoms with Crippen molar-refractivity contribution in [3.63, 3.8) is 0 Å². The quantitative estimate of drug-likeness (QED) is 0.740. The van der Waals surface area contributed by atoms with Crippen LogP contribution in [-0.2, 0) is 16.0 Å². The fraction of sp³-hybridized carbons (Fsp3) is 0.350. The number of hydrogen-bond acceptors (Lipinski definition) is 5. The molecule has 2 aromatic rings. The van der Waals surface area contributed by atoms with Crippen molar-refractivity contribution >= 4 is 23.4 Å². The van der Waals surface area contributed by atoms with Gasteiger partial charge in [-0.1, -0.05) is 12.1 Å². The smallest absolute Gasteiger partial charge is 0.481 e. The average Bonchev–Trinajstić information content (AvgIpc) is 2.67. The number of rotatable bonds is 6. The minimum Gasteiger partial charge on any atom is -0.481 e. The Balaban J connectivity index is 1.54. The highest BCUT2D eigenvalue weighted by Crippen LogP contribution is 2.25. The summed E-state index contributed by atoms with van der Waals surface area (Å²) in [7, 11) is 0. The molecule has 0 spiro atoms. The highest BCUT2D eigenvalue weighted by molar-refractivity contribution is 5.91. The van der Waals surface area contributed by atoms with Crippen LogP contribution in [0.5, 0.6) is 5.75 Å². The summed E-state index contributed by atoms with van der Waals surface area (Å²) in [6.07, 6.45) is -2.22. The first-order valence-corrected chi connectivity index (χ1v) is 9.28. The van der Waals surface area contributed by atoms with Crippen molar-refractivity contribution < 1.29 is 32.6 Å². The molecule has 1 amide bonds. The molecule has 0 unspecified atom stereocenters. The van der Waals surface area contributed by atoms with Crippen molar-refractivity contribution in [2.75, 3.05) is 23.3 Å².